The molecule has 4 rings (SSSR count). The highest BCUT2D eigenvalue weighted by atomic mass is 32.2. The van der Waals surface area contributed by atoms with Crippen molar-refractivity contribution in [2.75, 3.05) is 0 Å². The molecule has 3 atom stereocenters. The molecule has 2 aromatic rings. The van der Waals surface area contributed by atoms with Gasteiger partial charge in [0.05, 0.1) is 12.8 Å². The number of fused-ring (bicyclic) bond motifs is 3. The topological polar surface area (TPSA) is 91.7 Å². The van der Waals surface area contributed by atoms with Crippen molar-refractivity contribution in [3.63, 3.8) is 0 Å². The first kappa shape index (κ1) is 21.5. The van der Waals surface area contributed by atoms with Gasteiger partial charge < -0.3 is 20.0 Å². The zero-order chi connectivity index (χ0) is 22.3. The maximum absolute atomic E-state index is 13.4. The molecule has 0 spiro atoms. The van der Waals surface area contributed by atoms with Crippen LogP contribution in [0.5, 0.6) is 0 Å². The van der Waals surface area contributed by atoms with Crippen molar-refractivity contribution in [1.29, 1.82) is 0 Å². The van der Waals surface area contributed by atoms with Crippen LogP contribution in [0.25, 0.3) is 0 Å². The molecule has 164 valence electrons. The lowest BCUT2D eigenvalue weighted by molar-refractivity contribution is -0.132. The van der Waals surface area contributed by atoms with Crippen LogP contribution in [0.2, 0.25) is 0 Å². The Bertz CT molecular complexity index is 1000. The molecule has 1 aromatic carbocycles. The molecule has 2 aliphatic heterocycles. The third-order valence-electron chi connectivity index (χ3n) is 5.81. The predicted molar refractivity (Wildman–Crippen MR) is 118 cm³/mol. The minimum Gasteiger partial charge on any atom is -0.467 e. The smallest absolute Gasteiger partial charge is 0.256 e. The first-order valence-corrected chi connectivity index (χ1v) is 11.3. The van der Waals surface area contributed by atoms with E-state index in [4.69, 9.17) is 4.42 Å². The summed E-state index contributed by atoms with van der Waals surface area (Å²) >= 11 is 1.61. The van der Waals surface area contributed by atoms with Crippen molar-refractivity contribution in [2.24, 2.45) is 5.92 Å². The molecule has 0 radical (unpaired) electrons. The molecular weight excluding hydrogens is 414 g/mol. The van der Waals surface area contributed by atoms with Crippen molar-refractivity contribution in [2.45, 2.75) is 56.4 Å². The summed E-state index contributed by atoms with van der Waals surface area (Å²) in [6, 6.07) is 9.63. The summed E-state index contributed by atoms with van der Waals surface area (Å²) in [5, 5.41) is 5.54. The van der Waals surface area contributed by atoms with Gasteiger partial charge in [0, 0.05) is 10.3 Å². The average Bonchev–Trinajstić information content (AvgIpc) is 3.40. The Morgan fingerprint density at radius 2 is 1.94 bits per heavy atom. The molecule has 3 amide bonds. The molecule has 31 heavy (non-hydrogen) atoms. The normalized spacial score (nSPS) is 22.2. The molecule has 1 aromatic heterocycles. The first-order chi connectivity index (χ1) is 14.7. The van der Waals surface area contributed by atoms with Crippen LogP contribution < -0.4 is 10.6 Å². The average molecular weight is 442 g/mol. The molecule has 2 aliphatic rings. The van der Waals surface area contributed by atoms with E-state index in [1.807, 2.05) is 45.9 Å². The monoisotopic (exact) mass is 441 g/mol. The molecule has 0 bridgehead atoms. The number of carbonyl (C=O) groups excluding carboxylic acids is 3. The fourth-order valence-corrected chi connectivity index (χ4v) is 5.86. The van der Waals surface area contributed by atoms with Crippen molar-refractivity contribution < 1.29 is 18.8 Å². The van der Waals surface area contributed by atoms with Crippen LogP contribution in [0.4, 0.5) is 0 Å². The standard InChI is InChI=1S/C23H27N3O4S/c1-13(2)17(19(27)24-12-14-8-7-11-30-14)25-20(28)18-23(3,4)31-22-16-10-6-5-9-15(16)21(29)26(18)22/h5-11,13,17-18,22H,12H2,1-4H3,(H,24,27)(H,25,28). The predicted octanol–water partition coefficient (Wildman–Crippen LogP) is 3.09. The Morgan fingerprint density at radius 3 is 2.61 bits per heavy atom. The van der Waals surface area contributed by atoms with Gasteiger partial charge >= 0.3 is 0 Å². The van der Waals surface area contributed by atoms with Crippen molar-refractivity contribution in [1.82, 2.24) is 15.5 Å². The van der Waals surface area contributed by atoms with Crippen LogP contribution in [0.15, 0.2) is 47.1 Å². The Hall–Kier alpha value is -2.74. The highest BCUT2D eigenvalue weighted by Gasteiger charge is 2.57. The van der Waals surface area contributed by atoms with Gasteiger partial charge in [-0.15, -0.1) is 11.8 Å². The molecule has 2 N–H and O–H groups in total. The Balaban J connectivity index is 1.52. The fraction of sp³-hybridized carbons (Fsp3) is 0.435. The zero-order valence-corrected chi connectivity index (χ0v) is 18.9. The molecule has 3 heterocycles. The number of amides is 3. The van der Waals surface area contributed by atoms with Gasteiger partial charge in [0.15, 0.2) is 0 Å². The summed E-state index contributed by atoms with van der Waals surface area (Å²) in [6.45, 7) is 7.95. The zero-order valence-electron chi connectivity index (χ0n) is 18.0. The first-order valence-electron chi connectivity index (χ1n) is 10.4. The number of furan rings is 1. The molecular formula is C23H27N3O4S. The van der Waals surface area contributed by atoms with E-state index >= 15 is 0 Å². The molecule has 7 nitrogen and oxygen atoms in total. The lowest BCUT2D eigenvalue weighted by atomic mass is 9.98. The molecule has 0 aliphatic carbocycles. The molecule has 8 heteroatoms. The van der Waals surface area contributed by atoms with Crippen LogP contribution in [0.1, 0.15) is 54.8 Å². The molecule has 1 saturated heterocycles. The number of nitrogens with one attached hydrogen (secondary N) is 2. The SMILES string of the molecule is CC(C)C(NC(=O)C1N2C(=O)c3ccccc3C2SC1(C)C)C(=O)NCc1ccco1. The van der Waals surface area contributed by atoms with E-state index in [1.54, 1.807) is 41.1 Å². The van der Waals surface area contributed by atoms with Gasteiger partial charge in [0.2, 0.25) is 11.8 Å². The van der Waals surface area contributed by atoms with E-state index in [0.29, 0.717) is 11.3 Å². The minimum absolute atomic E-state index is 0.125. The fourth-order valence-electron chi connectivity index (χ4n) is 4.27. The third-order valence-corrected chi connectivity index (χ3v) is 7.34. The van der Waals surface area contributed by atoms with Crippen LogP contribution in [-0.4, -0.2) is 39.5 Å². The number of carbonyl (C=O) groups is 3. The number of hydrogen-bond donors (Lipinski definition) is 2. The maximum Gasteiger partial charge on any atom is 0.256 e. The quantitative estimate of drug-likeness (QED) is 0.719. The maximum atomic E-state index is 13.4. The molecule has 1 fully saturated rings. The van der Waals surface area contributed by atoms with E-state index in [0.717, 1.165) is 5.56 Å². The number of benzene rings is 1. The summed E-state index contributed by atoms with van der Waals surface area (Å²) in [6.07, 6.45) is 1.55. The Kier molecular flexibility index (Phi) is 5.60. The third kappa shape index (κ3) is 3.84. The second-order valence-electron chi connectivity index (χ2n) is 8.80. The van der Waals surface area contributed by atoms with Crippen molar-refractivity contribution in [3.05, 3.63) is 59.5 Å². The molecule has 0 saturated carbocycles. The highest BCUT2D eigenvalue weighted by Crippen LogP contribution is 2.56. The van der Waals surface area contributed by atoms with Gasteiger partial charge in [0.25, 0.3) is 5.91 Å². The second kappa shape index (κ2) is 8.07. The summed E-state index contributed by atoms with van der Waals surface area (Å²) in [5.41, 5.74) is 1.59. The van der Waals surface area contributed by atoms with Gasteiger partial charge in [-0.2, -0.15) is 0 Å². The van der Waals surface area contributed by atoms with E-state index in [-0.39, 0.29) is 35.6 Å². The summed E-state index contributed by atoms with van der Waals surface area (Å²) in [4.78, 5) is 41.0. The van der Waals surface area contributed by atoms with E-state index in [1.165, 1.54) is 0 Å². The lowest BCUT2D eigenvalue weighted by Crippen LogP contribution is -2.58. The number of nitrogens with zero attached hydrogens (tertiary/aromatic N) is 1. The largest absolute Gasteiger partial charge is 0.467 e. The lowest BCUT2D eigenvalue weighted by Gasteiger charge is -2.32. The van der Waals surface area contributed by atoms with Gasteiger partial charge in [-0.25, -0.2) is 0 Å². The van der Waals surface area contributed by atoms with Crippen molar-refractivity contribution >= 4 is 29.5 Å². The van der Waals surface area contributed by atoms with Crippen LogP contribution in [0.3, 0.4) is 0 Å². The van der Waals surface area contributed by atoms with E-state index < -0.39 is 16.8 Å². The number of hydrogen-bond acceptors (Lipinski definition) is 5. The van der Waals surface area contributed by atoms with Gasteiger partial charge in [-0.05, 0) is 43.5 Å². The number of thioether (sulfide) groups is 1. The van der Waals surface area contributed by atoms with Gasteiger partial charge in [0.1, 0.15) is 23.2 Å². The van der Waals surface area contributed by atoms with Crippen LogP contribution >= 0.6 is 11.8 Å². The summed E-state index contributed by atoms with van der Waals surface area (Å²) in [5.74, 6) is -0.218. The summed E-state index contributed by atoms with van der Waals surface area (Å²) in [7, 11) is 0. The Labute approximate surface area is 185 Å². The second-order valence-corrected chi connectivity index (χ2v) is 10.5. The van der Waals surface area contributed by atoms with E-state index in [9.17, 15) is 14.4 Å². The minimum atomic E-state index is -0.720. The molecule has 3 unspecified atom stereocenters. The van der Waals surface area contributed by atoms with Crippen LogP contribution in [-0.2, 0) is 16.1 Å². The van der Waals surface area contributed by atoms with E-state index in [2.05, 4.69) is 10.6 Å². The highest BCUT2D eigenvalue weighted by molar-refractivity contribution is 8.01. The van der Waals surface area contributed by atoms with Crippen LogP contribution in [0, 0.1) is 5.92 Å². The Morgan fingerprint density at radius 1 is 1.19 bits per heavy atom. The van der Waals surface area contributed by atoms with Gasteiger partial charge in [-0.3, -0.25) is 14.4 Å². The van der Waals surface area contributed by atoms with Gasteiger partial charge in [-0.1, -0.05) is 32.0 Å². The summed E-state index contributed by atoms with van der Waals surface area (Å²) < 4.78 is 4.76. The number of rotatable bonds is 6. The van der Waals surface area contributed by atoms with Crippen molar-refractivity contribution in [3.8, 4) is 0 Å².